The fourth-order valence-electron chi connectivity index (χ4n) is 2.11. The molecule has 7 heteroatoms. The van der Waals surface area contributed by atoms with Crippen LogP contribution in [0.4, 0.5) is 4.79 Å². The summed E-state index contributed by atoms with van der Waals surface area (Å²) >= 11 is 12.1. The molecule has 1 fully saturated rings. The number of rotatable bonds is 2. The standard InChI is InChI=1S/C13H12Cl2N2O3/c1-6-9(12(18)20-2)11(17-13(19)16-6)7-4-3-5-8(14)10(7)15/h3-5,9,11H,1H2,2H3,(H2,16,17,19). The van der Waals surface area contributed by atoms with Crippen molar-refractivity contribution in [3.05, 3.63) is 46.1 Å². The maximum atomic E-state index is 11.9. The molecule has 1 aromatic carbocycles. The van der Waals surface area contributed by atoms with Gasteiger partial charge in [-0.25, -0.2) is 4.79 Å². The van der Waals surface area contributed by atoms with Crippen molar-refractivity contribution in [2.24, 2.45) is 5.92 Å². The summed E-state index contributed by atoms with van der Waals surface area (Å²) in [7, 11) is 1.27. The van der Waals surface area contributed by atoms with Crippen molar-refractivity contribution in [2.75, 3.05) is 7.11 Å². The maximum Gasteiger partial charge on any atom is 0.319 e. The molecule has 1 aliphatic rings. The predicted molar refractivity (Wildman–Crippen MR) is 75.5 cm³/mol. The van der Waals surface area contributed by atoms with Gasteiger partial charge in [0, 0.05) is 5.70 Å². The molecule has 0 aliphatic carbocycles. The number of hydrogen-bond donors (Lipinski definition) is 2. The van der Waals surface area contributed by atoms with E-state index in [1.54, 1.807) is 18.2 Å². The lowest BCUT2D eigenvalue weighted by Gasteiger charge is -2.33. The monoisotopic (exact) mass is 314 g/mol. The minimum absolute atomic E-state index is 0.252. The number of carbonyl (C=O) groups excluding carboxylic acids is 2. The molecule has 1 aliphatic heterocycles. The molecule has 2 rings (SSSR count). The normalized spacial score (nSPS) is 21.9. The summed E-state index contributed by atoms with van der Waals surface area (Å²) < 4.78 is 4.75. The summed E-state index contributed by atoms with van der Waals surface area (Å²) in [5, 5.41) is 5.72. The van der Waals surface area contributed by atoms with Gasteiger partial charge in [0.2, 0.25) is 0 Å². The molecule has 20 heavy (non-hydrogen) atoms. The minimum atomic E-state index is -0.784. The van der Waals surface area contributed by atoms with Crippen molar-refractivity contribution in [3.63, 3.8) is 0 Å². The van der Waals surface area contributed by atoms with Crippen molar-refractivity contribution in [1.29, 1.82) is 0 Å². The first-order valence-corrected chi connectivity index (χ1v) is 6.49. The summed E-state index contributed by atoms with van der Waals surface area (Å²) in [6, 6.07) is 3.85. The van der Waals surface area contributed by atoms with Crippen LogP contribution >= 0.6 is 23.2 Å². The van der Waals surface area contributed by atoms with Crippen LogP contribution in [0.3, 0.4) is 0 Å². The molecule has 106 valence electrons. The number of methoxy groups -OCH3 is 1. The van der Waals surface area contributed by atoms with Crippen LogP contribution in [-0.4, -0.2) is 19.1 Å². The molecule has 1 aromatic rings. The molecular formula is C13H12Cl2N2O3. The second kappa shape index (κ2) is 5.73. The zero-order valence-electron chi connectivity index (χ0n) is 10.6. The van der Waals surface area contributed by atoms with Gasteiger partial charge in [0.1, 0.15) is 5.92 Å². The van der Waals surface area contributed by atoms with Gasteiger partial charge in [0.25, 0.3) is 0 Å². The first kappa shape index (κ1) is 14.7. The smallest absolute Gasteiger partial charge is 0.319 e. The van der Waals surface area contributed by atoms with Crippen LogP contribution < -0.4 is 10.6 Å². The highest BCUT2D eigenvalue weighted by molar-refractivity contribution is 6.42. The molecule has 0 bridgehead atoms. The highest BCUT2D eigenvalue weighted by Gasteiger charge is 2.39. The average Bonchev–Trinajstić information content (AvgIpc) is 2.40. The summed E-state index contributed by atoms with van der Waals surface area (Å²) in [6.45, 7) is 3.69. The van der Waals surface area contributed by atoms with Gasteiger partial charge in [-0.3, -0.25) is 4.79 Å². The summed E-state index contributed by atoms with van der Waals surface area (Å²) in [5.41, 5.74) is 0.784. The van der Waals surface area contributed by atoms with Crippen molar-refractivity contribution >= 4 is 35.2 Å². The Kier molecular flexibility index (Phi) is 4.20. The maximum absolute atomic E-state index is 11.9. The molecule has 1 heterocycles. The number of hydrogen-bond acceptors (Lipinski definition) is 3. The second-order valence-corrected chi connectivity index (χ2v) is 5.03. The zero-order valence-corrected chi connectivity index (χ0v) is 12.1. The van der Waals surface area contributed by atoms with Crippen LogP contribution in [0.5, 0.6) is 0 Å². The van der Waals surface area contributed by atoms with Crippen molar-refractivity contribution in [3.8, 4) is 0 Å². The van der Waals surface area contributed by atoms with Gasteiger partial charge in [-0.05, 0) is 11.6 Å². The number of ether oxygens (including phenoxy) is 1. The summed E-state index contributed by atoms with van der Waals surface area (Å²) in [5.74, 6) is -1.31. The third kappa shape index (κ3) is 2.59. The summed E-state index contributed by atoms with van der Waals surface area (Å²) in [6.07, 6.45) is 0. The molecule has 2 atom stereocenters. The second-order valence-electron chi connectivity index (χ2n) is 4.25. The number of nitrogens with one attached hydrogen (secondary N) is 2. The number of urea groups is 1. The van der Waals surface area contributed by atoms with E-state index in [1.807, 2.05) is 0 Å². The molecular weight excluding hydrogens is 303 g/mol. The lowest BCUT2D eigenvalue weighted by atomic mass is 9.89. The molecule has 5 nitrogen and oxygen atoms in total. The van der Waals surface area contributed by atoms with Crippen LogP contribution in [-0.2, 0) is 9.53 Å². The van der Waals surface area contributed by atoms with E-state index in [9.17, 15) is 9.59 Å². The van der Waals surface area contributed by atoms with Crippen LogP contribution in [0.15, 0.2) is 30.5 Å². The average molecular weight is 315 g/mol. The Morgan fingerprint density at radius 3 is 2.75 bits per heavy atom. The van der Waals surface area contributed by atoms with Crippen molar-refractivity contribution in [2.45, 2.75) is 6.04 Å². The van der Waals surface area contributed by atoms with Crippen LogP contribution in [0.25, 0.3) is 0 Å². The van der Waals surface area contributed by atoms with E-state index in [0.29, 0.717) is 10.6 Å². The third-order valence-electron chi connectivity index (χ3n) is 3.04. The Balaban J connectivity index is 2.49. The topological polar surface area (TPSA) is 67.4 Å². The highest BCUT2D eigenvalue weighted by atomic mass is 35.5. The van der Waals surface area contributed by atoms with E-state index < -0.39 is 24.0 Å². The van der Waals surface area contributed by atoms with E-state index in [-0.39, 0.29) is 10.7 Å². The lowest BCUT2D eigenvalue weighted by molar-refractivity contribution is -0.145. The summed E-state index contributed by atoms with van der Waals surface area (Å²) in [4.78, 5) is 23.5. The number of halogens is 2. The Labute approximate surface area is 125 Å². The largest absolute Gasteiger partial charge is 0.468 e. The molecule has 0 saturated carbocycles. The highest BCUT2D eigenvalue weighted by Crippen LogP contribution is 2.36. The molecule has 0 radical (unpaired) electrons. The predicted octanol–water partition coefficient (Wildman–Crippen LogP) is 2.65. The minimum Gasteiger partial charge on any atom is -0.468 e. The number of amides is 2. The number of benzene rings is 1. The molecule has 0 aromatic heterocycles. The van der Waals surface area contributed by atoms with Crippen LogP contribution in [0.1, 0.15) is 11.6 Å². The number of esters is 1. The third-order valence-corrected chi connectivity index (χ3v) is 3.87. The van der Waals surface area contributed by atoms with Gasteiger partial charge < -0.3 is 15.4 Å². The van der Waals surface area contributed by atoms with Gasteiger partial charge in [-0.15, -0.1) is 0 Å². The lowest BCUT2D eigenvalue weighted by Crippen LogP contribution is -2.51. The van der Waals surface area contributed by atoms with E-state index in [2.05, 4.69) is 17.2 Å². The molecule has 2 amide bonds. The quantitative estimate of drug-likeness (QED) is 0.825. The van der Waals surface area contributed by atoms with E-state index in [1.165, 1.54) is 7.11 Å². The molecule has 1 saturated heterocycles. The van der Waals surface area contributed by atoms with Crippen LogP contribution in [0.2, 0.25) is 10.0 Å². The fourth-order valence-corrected chi connectivity index (χ4v) is 2.53. The zero-order chi connectivity index (χ0) is 14.9. The van der Waals surface area contributed by atoms with E-state index in [4.69, 9.17) is 27.9 Å². The molecule has 2 N–H and O–H groups in total. The van der Waals surface area contributed by atoms with Crippen molar-refractivity contribution < 1.29 is 14.3 Å². The van der Waals surface area contributed by atoms with Gasteiger partial charge in [-0.1, -0.05) is 41.9 Å². The first-order valence-electron chi connectivity index (χ1n) is 5.73. The van der Waals surface area contributed by atoms with E-state index >= 15 is 0 Å². The number of carbonyl (C=O) groups is 2. The molecule has 2 unspecified atom stereocenters. The Morgan fingerprint density at radius 2 is 2.10 bits per heavy atom. The van der Waals surface area contributed by atoms with Crippen LogP contribution in [0, 0.1) is 5.92 Å². The van der Waals surface area contributed by atoms with Gasteiger partial charge in [-0.2, -0.15) is 0 Å². The SMILES string of the molecule is C=C1NC(=O)NC(c2cccc(Cl)c2Cl)C1C(=O)OC. The first-order chi connectivity index (χ1) is 9.45. The van der Waals surface area contributed by atoms with Gasteiger partial charge in [0.05, 0.1) is 23.2 Å². The molecule has 0 spiro atoms. The Hall–Kier alpha value is -1.72. The van der Waals surface area contributed by atoms with Gasteiger partial charge >= 0.3 is 12.0 Å². The Morgan fingerprint density at radius 1 is 1.40 bits per heavy atom. The van der Waals surface area contributed by atoms with Crippen molar-refractivity contribution in [1.82, 2.24) is 10.6 Å². The fraction of sp³-hybridized carbons (Fsp3) is 0.231. The van der Waals surface area contributed by atoms with Gasteiger partial charge in [0.15, 0.2) is 0 Å². The van der Waals surface area contributed by atoms with E-state index in [0.717, 1.165) is 0 Å². The Bertz CT molecular complexity index is 589.